The number of methoxy groups -OCH3 is 1. The van der Waals surface area contributed by atoms with Crippen LogP contribution in [0.5, 0.6) is 0 Å². The number of carbonyl (C=O) groups excluding carboxylic acids is 1. The van der Waals surface area contributed by atoms with Gasteiger partial charge in [-0.2, -0.15) is 0 Å². The highest BCUT2D eigenvalue weighted by Gasteiger charge is 2.14. The van der Waals surface area contributed by atoms with Crippen molar-refractivity contribution in [2.75, 3.05) is 26.8 Å². The molecule has 12 heavy (non-hydrogen) atoms. The lowest BCUT2D eigenvalue weighted by Crippen LogP contribution is -2.38. The molecule has 1 saturated heterocycles. The minimum absolute atomic E-state index is 0.0359. The summed E-state index contributed by atoms with van der Waals surface area (Å²) < 4.78 is 4.69. The lowest BCUT2D eigenvalue weighted by molar-refractivity contribution is -0.124. The van der Waals surface area contributed by atoms with Crippen LogP contribution in [0.4, 0.5) is 0 Å². The van der Waals surface area contributed by atoms with E-state index >= 15 is 0 Å². The highest BCUT2D eigenvalue weighted by Crippen LogP contribution is 2.02. The van der Waals surface area contributed by atoms with Gasteiger partial charge in [0, 0.05) is 19.7 Å². The Balaban J connectivity index is 2.03. The molecule has 0 aliphatic carbocycles. The van der Waals surface area contributed by atoms with Crippen molar-refractivity contribution in [3.8, 4) is 0 Å². The largest absolute Gasteiger partial charge is 0.375 e. The van der Waals surface area contributed by atoms with E-state index in [1.807, 2.05) is 0 Å². The number of rotatable bonds is 4. The molecule has 1 aliphatic rings. The number of hydrogen-bond acceptors (Lipinski definition) is 3. The van der Waals surface area contributed by atoms with E-state index in [0.717, 1.165) is 19.5 Å². The Bertz CT molecular complexity index is 144. The molecule has 2 N–H and O–H groups in total. The van der Waals surface area contributed by atoms with E-state index in [9.17, 15) is 4.79 Å². The molecule has 0 spiro atoms. The fraction of sp³-hybridized carbons (Fsp3) is 0.875. The second-order valence-corrected chi connectivity index (χ2v) is 3.03. The van der Waals surface area contributed by atoms with Gasteiger partial charge < -0.3 is 15.4 Å². The van der Waals surface area contributed by atoms with Crippen LogP contribution in [0.1, 0.15) is 12.8 Å². The van der Waals surface area contributed by atoms with Crippen molar-refractivity contribution in [3.05, 3.63) is 0 Å². The van der Waals surface area contributed by atoms with Crippen molar-refractivity contribution in [2.24, 2.45) is 0 Å². The van der Waals surface area contributed by atoms with Gasteiger partial charge in [0.25, 0.3) is 0 Å². The van der Waals surface area contributed by atoms with Gasteiger partial charge in [0.2, 0.25) is 5.91 Å². The standard InChI is InChI=1S/C8H16N2O2/c1-12-6-8(11)10-5-7-3-2-4-9-7/h7,9H,2-6H2,1H3,(H,10,11). The molecular formula is C8H16N2O2. The van der Waals surface area contributed by atoms with Gasteiger partial charge >= 0.3 is 0 Å². The molecule has 1 rings (SSSR count). The molecule has 1 amide bonds. The summed E-state index contributed by atoms with van der Waals surface area (Å²) >= 11 is 0. The minimum atomic E-state index is -0.0359. The summed E-state index contributed by atoms with van der Waals surface area (Å²) in [4.78, 5) is 10.9. The molecule has 4 heteroatoms. The number of amides is 1. The molecule has 1 fully saturated rings. The summed E-state index contributed by atoms with van der Waals surface area (Å²) in [5, 5.41) is 6.10. The molecule has 0 aromatic heterocycles. The Morgan fingerprint density at radius 2 is 2.58 bits per heavy atom. The van der Waals surface area contributed by atoms with Crippen molar-refractivity contribution in [2.45, 2.75) is 18.9 Å². The summed E-state index contributed by atoms with van der Waals surface area (Å²) in [6.45, 7) is 1.96. The van der Waals surface area contributed by atoms with E-state index in [-0.39, 0.29) is 12.5 Å². The molecule has 0 radical (unpaired) electrons. The quantitative estimate of drug-likeness (QED) is 0.601. The molecule has 70 valence electrons. The zero-order valence-electron chi connectivity index (χ0n) is 7.43. The van der Waals surface area contributed by atoms with Crippen LogP contribution in [0.2, 0.25) is 0 Å². The average Bonchev–Trinajstić information content (AvgIpc) is 2.53. The van der Waals surface area contributed by atoms with Crippen LogP contribution in [-0.2, 0) is 9.53 Å². The van der Waals surface area contributed by atoms with Crippen LogP contribution in [0.3, 0.4) is 0 Å². The maximum atomic E-state index is 10.9. The molecule has 0 bridgehead atoms. The van der Waals surface area contributed by atoms with E-state index in [1.54, 1.807) is 0 Å². The topological polar surface area (TPSA) is 50.4 Å². The SMILES string of the molecule is COCC(=O)NCC1CCCN1. The third kappa shape index (κ3) is 3.19. The molecule has 4 nitrogen and oxygen atoms in total. The smallest absolute Gasteiger partial charge is 0.246 e. The molecule has 0 aromatic carbocycles. The Morgan fingerprint density at radius 1 is 1.75 bits per heavy atom. The van der Waals surface area contributed by atoms with E-state index < -0.39 is 0 Å². The zero-order valence-corrected chi connectivity index (χ0v) is 7.43. The average molecular weight is 172 g/mol. The van der Waals surface area contributed by atoms with E-state index in [2.05, 4.69) is 15.4 Å². The number of ether oxygens (including phenoxy) is 1. The molecular weight excluding hydrogens is 156 g/mol. The van der Waals surface area contributed by atoms with Crippen LogP contribution in [-0.4, -0.2) is 38.8 Å². The van der Waals surface area contributed by atoms with Gasteiger partial charge in [-0.25, -0.2) is 0 Å². The van der Waals surface area contributed by atoms with Gasteiger partial charge in [-0.1, -0.05) is 0 Å². The van der Waals surface area contributed by atoms with Crippen LogP contribution in [0.15, 0.2) is 0 Å². The third-order valence-corrected chi connectivity index (χ3v) is 1.98. The van der Waals surface area contributed by atoms with Crippen molar-refractivity contribution < 1.29 is 9.53 Å². The monoisotopic (exact) mass is 172 g/mol. The number of nitrogens with one attached hydrogen (secondary N) is 2. The fourth-order valence-corrected chi connectivity index (χ4v) is 1.35. The highest BCUT2D eigenvalue weighted by atomic mass is 16.5. The number of hydrogen-bond donors (Lipinski definition) is 2. The summed E-state index contributed by atoms with van der Waals surface area (Å²) in [5.41, 5.74) is 0. The maximum Gasteiger partial charge on any atom is 0.246 e. The molecule has 1 unspecified atom stereocenters. The summed E-state index contributed by atoms with van der Waals surface area (Å²) in [5.74, 6) is -0.0359. The second-order valence-electron chi connectivity index (χ2n) is 3.03. The van der Waals surface area contributed by atoms with Crippen molar-refractivity contribution in [1.29, 1.82) is 0 Å². The fourth-order valence-electron chi connectivity index (χ4n) is 1.35. The molecule has 1 aliphatic heterocycles. The third-order valence-electron chi connectivity index (χ3n) is 1.98. The van der Waals surface area contributed by atoms with Crippen molar-refractivity contribution in [3.63, 3.8) is 0 Å². The predicted molar refractivity (Wildman–Crippen MR) is 45.9 cm³/mol. The van der Waals surface area contributed by atoms with Gasteiger partial charge in [-0.3, -0.25) is 4.79 Å². The van der Waals surface area contributed by atoms with Crippen LogP contribution in [0.25, 0.3) is 0 Å². The molecule has 0 aromatic rings. The summed E-state index contributed by atoms with van der Waals surface area (Å²) in [6.07, 6.45) is 2.37. The van der Waals surface area contributed by atoms with Gasteiger partial charge in [-0.15, -0.1) is 0 Å². The summed E-state index contributed by atoms with van der Waals surface area (Å²) in [7, 11) is 1.52. The lowest BCUT2D eigenvalue weighted by atomic mass is 10.2. The van der Waals surface area contributed by atoms with Gasteiger partial charge in [0.05, 0.1) is 0 Å². The minimum Gasteiger partial charge on any atom is -0.375 e. The normalized spacial score (nSPS) is 22.6. The predicted octanol–water partition coefficient (Wildman–Crippen LogP) is -0.499. The molecule has 0 saturated carbocycles. The first kappa shape index (κ1) is 9.48. The van der Waals surface area contributed by atoms with Gasteiger partial charge in [0.1, 0.15) is 6.61 Å². The first-order chi connectivity index (χ1) is 5.83. The summed E-state index contributed by atoms with van der Waals surface area (Å²) in [6, 6.07) is 0.464. The van der Waals surface area contributed by atoms with Crippen LogP contribution in [0, 0.1) is 0 Å². The van der Waals surface area contributed by atoms with Gasteiger partial charge in [-0.05, 0) is 19.4 Å². The van der Waals surface area contributed by atoms with Crippen molar-refractivity contribution >= 4 is 5.91 Å². The number of carbonyl (C=O) groups is 1. The molecule has 1 atom stereocenters. The second kappa shape index (κ2) is 5.11. The van der Waals surface area contributed by atoms with E-state index in [1.165, 1.54) is 13.5 Å². The Hall–Kier alpha value is -0.610. The van der Waals surface area contributed by atoms with Crippen LogP contribution >= 0.6 is 0 Å². The Labute approximate surface area is 72.7 Å². The highest BCUT2D eigenvalue weighted by molar-refractivity contribution is 5.77. The first-order valence-corrected chi connectivity index (χ1v) is 4.32. The maximum absolute atomic E-state index is 10.9. The lowest BCUT2D eigenvalue weighted by Gasteiger charge is -2.10. The first-order valence-electron chi connectivity index (χ1n) is 4.32. The van der Waals surface area contributed by atoms with E-state index in [0.29, 0.717) is 6.04 Å². The molecule has 1 heterocycles. The van der Waals surface area contributed by atoms with Crippen molar-refractivity contribution in [1.82, 2.24) is 10.6 Å². The Morgan fingerprint density at radius 3 is 3.17 bits per heavy atom. The van der Waals surface area contributed by atoms with E-state index in [4.69, 9.17) is 0 Å². The Kier molecular flexibility index (Phi) is 4.04. The van der Waals surface area contributed by atoms with Gasteiger partial charge in [0.15, 0.2) is 0 Å². The van der Waals surface area contributed by atoms with Crippen LogP contribution < -0.4 is 10.6 Å². The zero-order chi connectivity index (χ0) is 8.81.